The number of halogens is 3. The van der Waals surface area contributed by atoms with Gasteiger partial charge < -0.3 is 19.9 Å². The van der Waals surface area contributed by atoms with Crippen LogP contribution in [0.1, 0.15) is 18.1 Å². The van der Waals surface area contributed by atoms with E-state index in [4.69, 9.17) is 4.74 Å². The molecule has 1 N–H and O–H groups in total. The summed E-state index contributed by atoms with van der Waals surface area (Å²) >= 11 is 0. The van der Waals surface area contributed by atoms with Gasteiger partial charge in [-0.3, -0.25) is 4.90 Å². The Bertz CT molecular complexity index is 1110. The van der Waals surface area contributed by atoms with Crippen LogP contribution < -0.4 is 10.2 Å². The molecule has 3 fully saturated rings. The van der Waals surface area contributed by atoms with Crippen molar-refractivity contribution in [3.05, 3.63) is 53.9 Å². The Morgan fingerprint density at radius 3 is 2.47 bits per heavy atom. The molecule has 0 aliphatic carbocycles. The van der Waals surface area contributed by atoms with Crippen molar-refractivity contribution in [2.75, 3.05) is 62.7 Å². The molecule has 36 heavy (non-hydrogen) atoms. The van der Waals surface area contributed by atoms with Crippen LogP contribution in [0.25, 0.3) is 0 Å². The van der Waals surface area contributed by atoms with Crippen molar-refractivity contribution < 1.29 is 22.7 Å². The average Bonchev–Trinajstić information content (AvgIpc) is 3.53. The predicted octanol–water partition coefficient (Wildman–Crippen LogP) is 3.72. The maximum atomic E-state index is 13.6. The number of carbonyl (C=O) groups is 1. The fourth-order valence-corrected chi connectivity index (χ4v) is 5.43. The highest BCUT2D eigenvalue weighted by molar-refractivity contribution is 5.76. The van der Waals surface area contributed by atoms with Crippen LogP contribution >= 0.6 is 0 Å². The van der Waals surface area contributed by atoms with Crippen LogP contribution in [-0.4, -0.2) is 78.1 Å². The molecular formula is C25H31F3N6O2. The fourth-order valence-electron chi connectivity index (χ4n) is 5.43. The molecule has 0 saturated carbocycles. The minimum Gasteiger partial charge on any atom is -0.378 e. The summed E-state index contributed by atoms with van der Waals surface area (Å²) in [6, 6.07) is 5.94. The van der Waals surface area contributed by atoms with Crippen LogP contribution in [0.15, 0.2) is 42.7 Å². The number of fused-ring (bicyclic) bond motifs is 1. The summed E-state index contributed by atoms with van der Waals surface area (Å²) in [6.45, 7) is 11.0. The number of anilines is 2. The van der Waals surface area contributed by atoms with Gasteiger partial charge in [0, 0.05) is 69.5 Å². The van der Waals surface area contributed by atoms with E-state index in [0.29, 0.717) is 74.8 Å². The number of amides is 1. The highest BCUT2D eigenvalue weighted by atomic mass is 19.4. The van der Waals surface area contributed by atoms with Gasteiger partial charge in [-0.15, -0.1) is 5.10 Å². The van der Waals surface area contributed by atoms with E-state index in [9.17, 15) is 18.0 Å². The number of rotatable bonds is 5. The van der Waals surface area contributed by atoms with E-state index in [2.05, 4.69) is 21.9 Å². The Hall–Kier alpha value is -3.05. The first-order chi connectivity index (χ1) is 17.2. The van der Waals surface area contributed by atoms with Crippen molar-refractivity contribution in [2.24, 2.45) is 11.8 Å². The number of ether oxygens (including phenoxy) is 1. The number of benzene rings is 1. The lowest BCUT2D eigenvalue weighted by Crippen LogP contribution is -2.37. The van der Waals surface area contributed by atoms with Crippen molar-refractivity contribution in [1.29, 1.82) is 0 Å². The molecule has 1 aromatic heterocycles. The normalized spacial score (nSPS) is 22.7. The number of hydrogen-bond acceptors (Lipinski definition) is 6. The summed E-state index contributed by atoms with van der Waals surface area (Å²) in [5.74, 6) is 1.16. The van der Waals surface area contributed by atoms with Gasteiger partial charge in [0.2, 0.25) is 0 Å². The first kappa shape index (κ1) is 24.6. The monoisotopic (exact) mass is 504 g/mol. The molecule has 194 valence electrons. The standard InChI is InChI=1S/C25H31F3N6O2/c1-17(2)29-23-3-4-34(30-23)24(35)33-15-19-13-31(14-20(19)16-33)12-18-9-21(25(26,27)28)11-22(10-18)32-5-7-36-8-6-32/h3-4,9-11,19-20H,1,5-8,12-16H2,2H3,(H,29,30). The van der Waals surface area contributed by atoms with E-state index in [1.54, 1.807) is 12.3 Å². The maximum absolute atomic E-state index is 13.6. The highest BCUT2D eigenvalue weighted by Gasteiger charge is 2.42. The third kappa shape index (κ3) is 5.36. The first-order valence-corrected chi connectivity index (χ1v) is 12.2. The van der Waals surface area contributed by atoms with Crippen LogP contribution in [0, 0.1) is 11.8 Å². The van der Waals surface area contributed by atoms with Crippen LogP contribution in [-0.2, 0) is 17.5 Å². The number of carbonyl (C=O) groups excluding carboxylic acids is 1. The smallest absolute Gasteiger partial charge is 0.378 e. The van der Waals surface area contributed by atoms with E-state index >= 15 is 0 Å². The molecule has 2 atom stereocenters. The number of aromatic nitrogens is 2. The van der Waals surface area contributed by atoms with Gasteiger partial charge in [-0.1, -0.05) is 6.58 Å². The van der Waals surface area contributed by atoms with Crippen LogP contribution in [0.5, 0.6) is 0 Å². The number of allylic oxidation sites excluding steroid dienone is 1. The van der Waals surface area contributed by atoms with Gasteiger partial charge in [0.25, 0.3) is 0 Å². The summed E-state index contributed by atoms with van der Waals surface area (Å²) in [7, 11) is 0. The van der Waals surface area contributed by atoms with E-state index in [1.165, 1.54) is 16.8 Å². The van der Waals surface area contributed by atoms with Gasteiger partial charge in [-0.05, 0) is 42.5 Å². The fraction of sp³-hybridized carbons (Fsp3) is 0.520. The number of morpholine rings is 1. The third-order valence-corrected chi connectivity index (χ3v) is 7.05. The van der Waals surface area contributed by atoms with E-state index in [1.807, 2.05) is 22.8 Å². The lowest BCUT2D eigenvalue weighted by Gasteiger charge is -2.30. The van der Waals surface area contributed by atoms with Gasteiger partial charge in [0.05, 0.1) is 18.8 Å². The van der Waals surface area contributed by atoms with Gasteiger partial charge >= 0.3 is 12.2 Å². The summed E-state index contributed by atoms with van der Waals surface area (Å²) < 4.78 is 47.6. The Labute approximate surface area is 208 Å². The van der Waals surface area contributed by atoms with E-state index in [-0.39, 0.29) is 6.03 Å². The van der Waals surface area contributed by atoms with Gasteiger partial charge in [0.1, 0.15) is 0 Å². The third-order valence-electron chi connectivity index (χ3n) is 7.05. The summed E-state index contributed by atoms with van der Waals surface area (Å²) in [6.07, 6.45) is -2.76. The molecule has 8 nitrogen and oxygen atoms in total. The molecule has 0 spiro atoms. The SMILES string of the molecule is C=C(C)Nc1ccn(C(=O)N2CC3CN(Cc4cc(N5CCOCC5)cc(C(F)(F)F)c4)CC3C2)n1. The van der Waals surface area contributed by atoms with Crippen LogP contribution in [0.4, 0.5) is 29.5 Å². The number of likely N-dealkylation sites (tertiary alicyclic amines) is 2. The molecule has 0 bridgehead atoms. The molecule has 1 amide bonds. The summed E-state index contributed by atoms with van der Waals surface area (Å²) in [4.78, 5) is 18.9. The second kappa shape index (κ2) is 9.78. The van der Waals surface area contributed by atoms with Crippen LogP contribution in [0.3, 0.4) is 0 Å². The van der Waals surface area contributed by atoms with Gasteiger partial charge in [0.15, 0.2) is 5.82 Å². The molecule has 3 aliphatic heterocycles. The van der Waals surface area contributed by atoms with Crippen molar-refractivity contribution in [2.45, 2.75) is 19.6 Å². The molecule has 11 heteroatoms. The average molecular weight is 505 g/mol. The molecule has 2 aromatic rings. The van der Waals surface area contributed by atoms with Crippen molar-refractivity contribution in [3.63, 3.8) is 0 Å². The highest BCUT2D eigenvalue weighted by Crippen LogP contribution is 2.36. The van der Waals surface area contributed by atoms with Crippen molar-refractivity contribution in [3.8, 4) is 0 Å². The first-order valence-electron chi connectivity index (χ1n) is 12.2. The second-order valence-corrected chi connectivity index (χ2v) is 9.94. The minimum atomic E-state index is -4.40. The topological polar surface area (TPSA) is 65.9 Å². The number of nitrogens with zero attached hydrogens (tertiary/aromatic N) is 5. The molecule has 3 aliphatic rings. The quantitative estimate of drug-likeness (QED) is 0.670. The molecule has 2 unspecified atom stereocenters. The molecule has 0 radical (unpaired) electrons. The Morgan fingerprint density at radius 2 is 1.83 bits per heavy atom. The lowest BCUT2D eigenvalue weighted by atomic mass is 10.0. The predicted molar refractivity (Wildman–Crippen MR) is 130 cm³/mol. The largest absolute Gasteiger partial charge is 0.416 e. The van der Waals surface area contributed by atoms with Crippen molar-refractivity contribution in [1.82, 2.24) is 19.6 Å². The Balaban J connectivity index is 1.22. The molecular weight excluding hydrogens is 473 g/mol. The van der Waals surface area contributed by atoms with E-state index < -0.39 is 11.7 Å². The zero-order chi connectivity index (χ0) is 25.4. The van der Waals surface area contributed by atoms with Gasteiger partial charge in [-0.25, -0.2) is 4.79 Å². The number of hydrogen-bond donors (Lipinski definition) is 1. The Morgan fingerprint density at radius 1 is 1.14 bits per heavy atom. The number of nitrogens with one attached hydrogen (secondary N) is 1. The number of alkyl halides is 3. The molecule has 1 aromatic carbocycles. The van der Waals surface area contributed by atoms with Crippen LogP contribution in [0.2, 0.25) is 0 Å². The summed E-state index contributed by atoms with van der Waals surface area (Å²) in [5, 5.41) is 7.27. The maximum Gasteiger partial charge on any atom is 0.416 e. The zero-order valence-electron chi connectivity index (χ0n) is 20.3. The molecule has 4 heterocycles. The molecule has 5 rings (SSSR count). The van der Waals surface area contributed by atoms with Gasteiger partial charge in [-0.2, -0.15) is 17.9 Å². The summed E-state index contributed by atoms with van der Waals surface area (Å²) in [5.41, 5.74) is 1.38. The lowest BCUT2D eigenvalue weighted by molar-refractivity contribution is -0.137. The van der Waals surface area contributed by atoms with Crippen molar-refractivity contribution >= 4 is 17.5 Å². The Kier molecular flexibility index (Phi) is 6.69. The second-order valence-electron chi connectivity index (χ2n) is 9.94. The van der Waals surface area contributed by atoms with E-state index in [0.717, 1.165) is 18.8 Å². The zero-order valence-corrected chi connectivity index (χ0v) is 20.3. The molecule has 3 saturated heterocycles. The minimum absolute atomic E-state index is 0.168.